The van der Waals surface area contributed by atoms with Gasteiger partial charge in [-0.1, -0.05) is 0 Å². The fourth-order valence-electron chi connectivity index (χ4n) is 6.64. The number of rotatable bonds is 3. The van der Waals surface area contributed by atoms with E-state index in [1.54, 1.807) is 11.1 Å². The van der Waals surface area contributed by atoms with Gasteiger partial charge >= 0.3 is 160 Å². The van der Waals surface area contributed by atoms with Crippen LogP contribution in [0.5, 0.6) is 0 Å². The Kier molecular flexibility index (Phi) is 3.84. The van der Waals surface area contributed by atoms with E-state index in [2.05, 4.69) is 76.0 Å². The number of allylic oxidation sites excluding steroid dienone is 4. The zero-order valence-corrected chi connectivity index (χ0v) is 18.5. The van der Waals surface area contributed by atoms with E-state index in [4.69, 9.17) is 0 Å². The molecule has 5 rings (SSSR count). The molecule has 0 nitrogen and oxygen atoms in total. The molecule has 3 aliphatic carbocycles. The van der Waals surface area contributed by atoms with Crippen molar-refractivity contribution in [1.29, 1.82) is 0 Å². The average Bonchev–Trinajstić information content (AvgIpc) is 3.41. The van der Waals surface area contributed by atoms with Crippen molar-refractivity contribution in [2.24, 2.45) is 0 Å². The van der Waals surface area contributed by atoms with E-state index in [1.807, 2.05) is 3.28 Å². The van der Waals surface area contributed by atoms with Crippen molar-refractivity contribution in [3.8, 4) is 11.1 Å². The maximum atomic E-state index is 2.81. The Morgan fingerprint density at radius 2 is 1.38 bits per heavy atom. The Morgan fingerprint density at radius 1 is 0.808 bits per heavy atom. The minimum absolute atomic E-state index is 0.651. The SMILES string of the molecule is [CH3][Zr]([CH3])([C]1=CC=CC1)([CH]1CCCC1)[CH]1c2ccccc2-c2ccccc21. The molecule has 1 saturated carbocycles. The van der Waals surface area contributed by atoms with Gasteiger partial charge in [-0.2, -0.15) is 0 Å². The zero-order chi connectivity index (χ0) is 17.8. The van der Waals surface area contributed by atoms with Crippen molar-refractivity contribution in [1.82, 2.24) is 0 Å². The predicted octanol–water partition coefficient (Wildman–Crippen LogP) is 7.75. The summed E-state index contributed by atoms with van der Waals surface area (Å²) >= 11 is -3.31. The number of hydrogen-bond donors (Lipinski definition) is 0. The maximum absolute atomic E-state index is 3.31. The van der Waals surface area contributed by atoms with Crippen LogP contribution in [0, 0.1) is 0 Å². The van der Waals surface area contributed by atoms with Gasteiger partial charge in [0.15, 0.2) is 0 Å². The quantitative estimate of drug-likeness (QED) is 0.476. The minimum atomic E-state index is -3.31. The molecule has 1 heteroatoms. The monoisotopic (exact) mass is 419 g/mol. The molecule has 0 aromatic heterocycles. The van der Waals surface area contributed by atoms with E-state index in [0.29, 0.717) is 3.63 Å². The number of benzene rings is 2. The van der Waals surface area contributed by atoms with E-state index < -0.39 is 18.8 Å². The summed E-state index contributed by atoms with van der Waals surface area (Å²) in [6.07, 6.45) is 14.2. The summed E-state index contributed by atoms with van der Waals surface area (Å²) in [5, 5.41) is 0. The first-order valence-electron chi connectivity index (χ1n) is 10.3. The standard InChI is InChI=1S/C13H9.C5H9.C5H5.2CH3.Zr/c1-3-7-12-10(5-1)9-11-6-2-4-8-13(11)12;2*1-2-4-5-3-1;;;/h1-9H;1H,2-5H2;1-3H,4H2;2*1H3;. The van der Waals surface area contributed by atoms with Crippen LogP contribution in [0.1, 0.15) is 46.9 Å². The third-order valence-corrected chi connectivity index (χ3v) is 27.5. The Labute approximate surface area is 159 Å². The van der Waals surface area contributed by atoms with Gasteiger partial charge in [-0.25, -0.2) is 0 Å². The third-order valence-electron chi connectivity index (χ3n) is 8.12. The molecule has 0 N–H and O–H groups in total. The Bertz CT molecular complexity index is 879. The zero-order valence-electron chi connectivity index (χ0n) is 16.0. The molecule has 26 heavy (non-hydrogen) atoms. The number of fused-ring (bicyclic) bond motifs is 3. The molecule has 0 unspecified atom stereocenters. The average molecular weight is 421 g/mol. The molecule has 1 fully saturated rings. The van der Waals surface area contributed by atoms with Crippen LogP contribution in [0.15, 0.2) is 70.0 Å². The second kappa shape index (κ2) is 5.90. The summed E-state index contributed by atoms with van der Waals surface area (Å²) in [7, 11) is 0. The van der Waals surface area contributed by atoms with Crippen LogP contribution in [0.3, 0.4) is 0 Å². The summed E-state index contributed by atoms with van der Waals surface area (Å²) in [6.45, 7) is 0. The molecule has 0 atom stereocenters. The van der Waals surface area contributed by atoms with E-state index in [0.717, 1.165) is 3.63 Å². The molecule has 0 radical (unpaired) electrons. The predicted molar refractivity (Wildman–Crippen MR) is 110 cm³/mol. The van der Waals surface area contributed by atoms with Gasteiger partial charge in [-0.3, -0.25) is 0 Å². The molecular formula is C25H29Zr. The van der Waals surface area contributed by atoms with Crippen molar-refractivity contribution >= 4 is 0 Å². The van der Waals surface area contributed by atoms with Gasteiger partial charge in [0, 0.05) is 0 Å². The van der Waals surface area contributed by atoms with Gasteiger partial charge in [0.05, 0.1) is 0 Å². The molecular weight excluding hydrogens is 391 g/mol. The topological polar surface area (TPSA) is 0 Å². The normalized spacial score (nSPS) is 21.3. The van der Waals surface area contributed by atoms with Gasteiger partial charge < -0.3 is 0 Å². The Hall–Kier alpha value is -1.20. The van der Waals surface area contributed by atoms with Crippen molar-refractivity contribution in [3.05, 3.63) is 81.2 Å². The van der Waals surface area contributed by atoms with E-state index in [9.17, 15) is 0 Å². The van der Waals surface area contributed by atoms with Gasteiger partial charge in [0.1, 0.15) is 0 Å². The van der Waals surface area contributed by atoms with E-state index in [1.165, 1.54) is 43.2 Å². The van der Waals surface area contributed by atoms with Gasteiger partial charge in [-0.05, 0) is 0 Å². The van der Waals surface area contributed by atoms with Crippen LogP contribution >= 0.6 is 0 Å². The van der Waals surface area contributed by atoms with Crippen molar-refractivity contribution in [2.45, 2.75) is 48.6 Å². The van der Waals surface area contributed by atoms with E-state index >= 15 is 0 Å². The molecule has 2 aromatic carbocycles. The first kappa shape index (κ1) is 16.9. The fraction of sp³-hybridized carbons (Fsp3) is 0.360. The third kappa shape index (κ3) is 2.16. The Balaban J connectivity index is 1.80. The van der Waals surface area contributed by atoms with Crippen LogP contribution in [0.25, 0.3) is 11.1 Å². The molecule has 0 heterocycles. The summed E-state index contributed by atoms with van der Waals surface area (Å²) in [4.78, 5) is 0. The molecule has 0 spiro atoms. The second-order valence-electron chi connectivity index (χ2n) is 9.52. The van der Waals surface area contributed by atoms with Crippen molar-refractivity contribution in [3.63, 3.8) is 0 Å². The fourth-order valence-corrected chi connectivity index (χ4v) is 24.7. The van der Waals surface area contributed by atoms with Crippen LogP contribution in [-0.4, -0.2) is 0 Å². The van der Waals surface area contributed by atoms with Crippen LogP contribution in [0.2, 0.25) is 12.9 Å². The van der Waals surface area contributed by atoms with Gasteiger partial charge in [-0.15, -0.1) is 0 Å². The second-order valence-corrected chi connectivity index (χ2v) is 27.4. The Morgan fingerprint density at radius 3 is 1.92 bits per heavy atom. The molecule has 0 saturated heterocycles. The van der Waals surface area contributed by atoms with Crippen molar-refractivity contribution in [2.75, 3.05) is 0 Å². The molecule has 2 aromatic rings. The summed E-state index contributed by atoms with van der Waals surface area (Å²) in [6, 6.07) is 18.6. The van der Waals surface area contributed by atoms with Gasteiger partial charge in [0.2, 0.25) is 0 Å². The first-order chi connectivity index (χ1) is 12.6. The van der Waals surface area contributed by atoms with Crippen LogP contribution in [-0.2, 0) is 18.8 Å². The van der Waals surface area contributed by atoms with Crippen LogP contribution < -0.4 is 0 Å². The van der Waals surface area contributed by atoms with E-state index in [-0.39, 0.29) is 0 Å². The summed E-state index contributed by atoms with van der Waals surface area (Å²) < 4.78 is 9.05. The molecule has 133 valence electrons. The summed E-state index contributed by atoms with van der Waals surface area (Å²) in [5.74, 6) is 0. The molecule has 0 bridgehead atoms. The molecule has 0 amide bonds. The van der Waals surface area contributed by atoms with Gasteiger partial charge in [0.25, 0.3) is 0 Å². The first-order valence-corrected chi connectivity index (χ1v) is 19.3. The van der Waals surface area contributed by atoms with Crippen LogP contribution in [0.4, 0.5) is 0 Å². The molecule has 0 aliphatic heterocycles. The number of hydrogen-bond acceptors (Lipinski definition) is 0. The molecule has 3 aliphatic rings. The van der Waals surface area contributed by atoms with Crippen molar-refractivity contribution < 1.29 is 18.8 Å². The summed E-state index contributed by atoms with van der Waals surface area (Å²) in [5.41, 5.74) is 6.26.